The van der Waals surface area contributed by atoms with Crippen LogP contribution in [0.25, 0.3) is 0 Å². The van der Waals surface area contributed by atoms with Crippen molar-refractivity contribution < 1.29 is 26.0 Å². The fraction of sp³-hybridized carbons (Fsp3) is 0.667. The van der Waals surface area contributed by atoms with Crippen LogP contribution in [0.5, 0.6) is 5.75 Å². The molecule has 2 aliphatic heterocycles. The number of carbonyl (C=O) groups excluding carboxylic acids is 1. The molecule has 0 radical (unpaired) electrons. The molecular weight excluding hydrogens is 439 g/mol. The van der Waals surface area contributed by atoms with E-state index in [1.807, 2.05) is 27.7 Å². The van der Waals surface area contributed by atoms with Crippen LogP contribution in [0.3, 0.4) is 0 Å². The number of hydrogen-bond donors (Lipinski definition) is 1. The number of hydrogen-bond acceptors (Lipinski definition) is 8. The van der Waals surface area contributed by atoms with Crippen molar-refractivity contribution in [3.63, 3.8) is 0 Å². The third kappa shape index (κ3) is 6.94. The number of ether oxygens (including phenoxy) is 1. The van der Waals surface area contributed by atoms with Crippen molar-refractivity contribution in [2.45, 2.75) is 39.8 Å². The second kappa shape index (κ2) is 9.80. The highest BCUT2D eigenvalue weighted by Gasteiger charge is 2.27. The summed E-state index contributed by atoms with van der Waals surface area (Å²) in [5.74, 6) is -0.0483. The van der Waals surface area contributed by atoms with Crippen molar-refractivity contribution in [1.82, 2.24) is 15.1 Å². The van der Waals surface area contributed by atoms with E-state index in [-0.39, 0.29) is 11.8 Å². The van der Waals surface area contributed by atoms with Gasteiger partial charge in [-0.05, 0) is 44.9 Å². The first-order valence-electron chi connectivity index (χ1n) is 10.8. The van der Waals surface area contributed by atoms with Crippen molar-refractivity contribution >= 4 is 22.3 Å². The molecule has 1 aromatic rings. The summed E-state index contributed by atoms with van der Waals surface area (Å²) in [4.78, 5) is 18.3. The molecule has 0 unspecified atom stereocenters. The van der Waals surface area contributed by atoms with Gasteiger partial charge in [0.1, 0.15) is 11.4 Å². The molecule has 0 aromatic heterocycles. The van der Waals surface area contributed by atoms with Crippen LogP contribution in [0.2, 0.25) is 0 Å². The number of nitrogens with zero attached hydrogens (tertiary/aromatic N) is 3. The number of carbonyl (C=O) groups is 1. The molecule has 180 valence electrons. The standard InChI is InChI=1S/C21H33FN4O5S/c1-16-17(15-24-7-5-23-6-8-24)13-18(31-32(22,28)29)14-19(16)25-9-11-26(12-10-25)20(27)30-21(2,3)4/h13-14,23H,5-12,15H2,1-4H3. The highest BCUT2D eigenvalue weighted by atomic mass is 32.3. The van der Waals surface area contributed by atoms with Crippen LogP contribution in [-0.4, -0.2) is 82.3 Å². The molecule has 32 heavy (non-hydrogen) atoms. The van der Waals surface area contributed by atoms with Crippen LogP contribution in [0, 0.1) is 6.92 Å². The summed E-state index contributed by atoms with van der Waals surface area (Å²) >= 11 is 0. The summed E-state index contributed by atoms with van der Waals surface area (Å²) in [5.41, 5.74) is 2.09. The Morgan fingerprint density at radius 2 is 1.72 bits per heavy atom. The van der Waals surface area contributed by atoms with Gasteiger partial charge in [-0.1, -0.05) is 3.89 Å². The smallest absolute Gasteiger partial charge is 0.444 e. The van der Waals surface area contributed by atoms with Crippen LogP contribution < -0.4 is 14.4 Å². The quantitative estimate of drug-likeness (QED) is 0.651. The van der Waals surface area contributed by atoms with E-state index in [0.717, 1.165) is 43.0 Å². The molecule has 0 atom stereocenters. The molecule has 1 amide bonds. The molecule has 2 fully saturated rings. The maximum Gasteiger partial charge on any atom is 0.488 e. The van der Waals surface area contributed by atoms with Gasteiger partial charge in [-0.3, -0.25) is 4.90 Å². The highest BCUT2D eigenvalue weighted by molar-refractivity contribution is 7.81. The van der Waals surface area contributed by atoms with Crippen molar-refractivity contribution in [3.05, 3.63) is 23.3 Å². The third-order valence-corrected chi connectivity index (χ3v) is 5.92. The average Bonchev–Trinajstić information content (AvgIpc) is 2.69. The Hall–Kier alpha value is -2.11. The largest absolute Gasteiger partial charge is 0.488 e. The number of piperazine rings is 2. The monoisotopic (exact) mass is 472 g/mol. The Labute approximate surface area is 189 Å². The maximum absolute atomic E-state index is 13.3. The number of halogens is 1. The molecule has 9 nitrogen and oxygen atoms in total. The highest BCUT2D eigenvalue weighted by Crippen LogP contribution is 2.32. The van der Waals surface area contributed by atoms with E-state index < -0.39 is 16.1 Å². The van der Waals surface area contributed by atoms with Gasteiger partial charge in [0.05, 0.1) is 0 Å². The van der Waals surface area contributed by atoms with Crippen LogP contribution in [0.4, 0.5) is 14.4 Å². The van der Waals surface area contributed by atoms with E-state index in [0.29, 0.717) is 32.7 Å². The summed E-state index contributed by atoms with van der Waals surface area (Å²) in [5, 5.41) is 3.30. The fourth-order valence-electron chi connectivity index (χ4n) is 3.95. The van der Waals surface area contributed by atoms with Crippen LogP contribution in [-0.2, 0) is 21.8 Å². The number of amides is 1. The predicted molar refractivity (Wildman–Crippen MR) is 120 cm³/mol. The lowest BCUT2D eigenvalue weighted by atomic mass is 10.0. The topological polar surface area (TPSA) is 91.4 Å². The Bertz CT molecular complexity index is 921. The lowest BCUT2D eigenvalue weighted by Gasteiger charge is -2.38. The van der Waals surface area contributed by atoms with Crippen molar-refractivity contribution in [3.8, 4) is 5.75 Å². The molecule has 2 aliphatic rings. The minimum atomic E-state index is -5.14. The van der Waals surface area contributed by atoms with Crippen molar-refractivity contribution in [2.75, 3.05) is 57.3 Å². The van der Waals surface area contributed by atoms with E-state index >= 15 is 0 Å². The van der Waals surface area contributed by atoms with Gasteiger partial charge >= 0.3 is 16.6 Å². The summed E-state index contributed by atoms with van der Waals surface area (Å²) in [7, 11) is -5.14. The second-order valence-corrected chi connectivity index (χ2v) is 10.1. The van der Waals surface area contributed by atoms with E-state index in [1.54, 1.807) is 17.0 Å². The van der Waals surface area contributed by atoms with Gasteiger partial charge in [0.15, 0.2) is 0 Å². The molecule has 0 saturated carbocycles. The first kappa shape index (κ1) is 24.5. The van der Waals surface area contributed by atoms with Crippen LogP contribution in [0.15, 0.2) is 12.1 Å². The molecule has 3 rings (SSSR count). The van der Waals surface area contributed by atoms with Gasteiger partial charge < -0.3 is 24.0 Å². The minimum absolute atomic E-state index is 0.0483. The molecular formula is C21H33FN4O5S. The Balaban J connectivity index is 1.79. The molecule has 2 heterocycles. The third-order valence-electron chi connectivity index (χ3n) is 5.53. The van der Waals surface area contributed by atoms with Crippen molar-refractivity contribution in [2.24, 2.45) is 0 Å². The Morgan fingerprint density at radius 1 is 1.09 bits per heavy atom. The van der Waals surface area contributed by atoms with Gasteiger partial charge in [0.25, 0.3) is 0 Å². The summed E-state index contributed by atoms with van der Waals surface area (Å²) in [6.45, 7) is 13.6. The second-order valence-electron chi connectivity index (χ2n) is 9.18. The molecule has 1 aromatic carbocycles. The Morgan fingerprint density at radius 3 is 2.28 bits per heavy atom. The average molecular weight is 473 g/mol. The molecule has 2 saturated heterocycles. The summed E-state index contributed by atoms with van der Waals surface area (Å²) in [6, 6.07) is 3.14. The molecule has 1 N–H and O–H groups in total. The SMILES string of the molecule is Cc1c(CN2CCNCC2)cc(OS(=O)(=O)F)cc1N1CCN(C(=O)OC(C)(C)C)CC1. The number of benzene rings is 1. The zero-order valence-electron chi connectivity index (χ0n) is 19.2. The predicted octanol–water partition coefficient (Wildman–Crippen LogP) is 2.05. The molecule has 0 spiro atoms. The van der Waals surface area contributed by atoms with E-state index in [2.05, 4.69) is 19.3 Å². The van der Waals surface area contributed by atoms with Gasteiger partial charge in [0, 0.05) is 70.7 Å². The van der Waals surface area contributed by atoms with Gasteiger partial charge in [-0.15, -0.1) is 0 Å². The normalized spacial score (nSPS) is 18.5. The summed E-state index contributed by atoms with van der Waals surface area (Å²) in [6.07, 6.45) is -0.353. The lowest BCUT2D eigenvalue weighted by molar-refractivity contribution is 0.0240. The first-order valence-corrected chi connectivity index (χ1v) is 12.2. The molecule has 0 bridgehead atoms. The van der Waals surface area contributed by atoms with Gasteiger partial charge in [-0.25, -0.2) is 4.79 Å². The minimum Gasteiger partial charge on any atom is -0.444 e. The van der Waals surface area contributed by atoms with E-state index in [4.69, 9.17) is 4.74 Å². The molecule has 0 aliphatic carbocycles. The van der Waals surface area contributed by atoms with E-state index in [9.17, 15) is 17.1 Å². The first-order chi connectivity index (χ1) is 14.9. The van der Waals surface area contributed by atoms with E-state index in [1.165, 1.54) is 0 Å². The number of anilines is 1. The number of rotatable bonds is 5. The zero-order chi connectivity index (χ0) is 23.5. The van der Waals surface area contributed by atoms with Crippen molar-refractivity contribution in [1.29, 1.82) is 0 Å². The fourth-order valence-corrected chi connectivity index (χ4v) is 4.28. The van der Waals surface area contributed by atoms with Crippen LogP contribution >= 0.6 is 0 Å². The zero-order valence-corrected chi connectivity index (χ0v) is 20.0. The Kier molecular flexibility index (Phi) is 7.51. The van der Waals surface area contributed by atoms with Crippen LogP contribution in [0.1, 0.15) is 31.9 Å². The molecule has 11 heteroatoms. The van der Waals surface area contributed by atoms with Gasteiger partial charge in [0.2, 0.25) is 0 Å². The van der Waals surface area contributed by atoms with Gasteiger partial charge in [-0.2, -0.15) is 8.42 Å². The number of nitrogens with one attached hydrogen (secondary N) is 1. The lowest BCUT2D eigenvalue weighted by Crippen LogP contribution is -2.50. The maximum atomic E-state index is 13.3. The summed E-state index contributed by atoms with van der Waals surface area (Å²) < 4.78 is 45.6.